The van der Waals surface area contributed by atoms with Crippen LogP contribution in [-0.4, -0.2) is 67.0 Å². The molecule has 0 aromatic heterocycles. The molecule has 7 nitrogen and oxygen atoms in total. The SMILES string of the molecule is COc1ccc(OC)c(C2C(C(C)=O)=C(O)C(=O)N2CCN2CCCCC2)c1. The van der Waals surface area contributed by atoms with Crippen LogP contribution < -0.4 is 9.47 Å². The summed E-state index contributed by atoms with van der Waals surface area (Å²) in [6.07, 6.45) is 3.55. The molecule has 7 heteroatoms. The maximum absolute atomic E-state index is 12.8. The lowest BCUT2D eigenvalue weighted by Crippen LogP contribution is -2.40. The van der Waals surface area contributed by atoms with Gasteiger partial charge in [-0.2, -0.15) is 0 Å². The number of methoxy groups -OCH3 is 2. The zero-order valence-electron chi connectivity index (χ0n) is 16.7. The van der Waals surface area contributed by atoms with Gasteiger partial charge in [0.15, 0.2) is 11.5 Å². The minimum Gasteiger partial charge on any atom is -0.503 e. The first kappa shape index (κ1) is 20.2. The largest absolute Gasteiger partial charge is 0.503 e. The predicted octanol–water partition coefficient (Wildman–Crippen LogP) is 2.47. The molecule has 0 radical (unpaired) electrons. The van der Waals surface area contributed by atoms with E-state index in [2.05, 4.69) is 4.90 Å². The van der Waals surface area contributed by atoms with Crippen LogP contribution in [0.15, 0.2) is 29.5 Å². The van der Waals surface area contributed by atoms with Gasteiger partial charge in [-0.1, -0.05) is 6.42 Å². The average molecular weight is 388 g/mol. The van der Waals surface area contributed by atoms with Gasteiger partial charge in [0.2, 0.25) is 0 Å². The topological polar surface area (TPSA) is 79.3 Å². The number of aliphatic hydroxyl groups is 1. The third-order valence-electron chi connectivity index (χ3n) is 5.52. The highest BCUT2D eigenvalue weighted by Gasteiger charge is 2.43. The molecule has 2 heterocycles. The molecule has 1 aromatic carbocycles. The molecule has 3 rings (SSSR count). The van der Waals surface area contributed by atoms with Gasteiger partial charge in [0.1, 0.15) is 11.5 Å². The van der Waals surface area contributed by atoms with Crippen molar-refractivity contribution in [1.29, 1.82) is 0 Å². The Morgan fingerprint density at radius 1 is 1.14 bits per heavy atom. The maximum atomic E-state index is 12.8. The van der Waals surface area contributed by atoms with E-state index in [1.807, 2.05) is 0 Å². The quantitative estimate of drug-likeness (QED) is 0.773. The van der Waals surface area contributed by atoms with Gasteiger partial charge in [0.25, 0.3) is 5.91 Å². The summed E-state index contributed by atoms with van der Waals surface area (Å²) in [5, 5.41) is 10.4. The molecule has 1 atom stereocenters. The summed E-state index contributed by atoms with van der Waals surface area (Å²) >= 11 is 0. The highest BCUT2D eigenvalue weighted by Crippen LogP contribution is 2.42. The number of amides is 1. The standard InChI is InChI=1S/C21H28N2O5/c1-14(24)18-19(16-13-15(27-2)7-8-17(16)28-3)23(21(26)20(18)25)12-11-22-9-5-4-6-10-22/h7-8,13,19,25H,4-6,9-12H2,1-3H3. The Morgan fingerprint density at radius 2 is 1.86 bits per heavy atom. The number of hydrogen-bond donors (Lipinski definition) is 1. The number of hydrogen-bond acceptors (Lipinski definition) is 6. The van der Waals surface area contributed by atoms with Crippen LogP contribution in [0.4, 0.5) is 0 Å². The van der Waals surface area contributed by atoms with E-state index in [-0.39, 0.29) is 11.4 Å². The smallest absolute Gasteiger partial charge is 0.290 e. The van der Waals surface area contributed by atoms with E-state index >= 15 is 0 Å². The van der Waals surface area contributed by atoms with Crippen LogP contribution in [0, 0.1) is 0 Å². The summed E-state index contributed by atoms with van der Waals surface area (Å²) < 4.78 is 10.8. The van der Waals surface area contributed by atoms with Crippen molar-refractivity contribution in [2.75, 3.05) is 40.4 Å². The summed E-state index contributed by atoms with van der Waals surface area (Å²) in [5.74, 6) is -0.192. The van der Waals surface area contributed by atoms with Crippen molar-refractivity contribution < 1.29 is 24.2 Å². The number of carbonyl (C=O) groups is 2. The molecule has 1 amide bonds. The minimum absolute atomic E-state index is 0.107. The second-order valence-electron chi connectivity index (χ2n) is 7.23. The third-order valence-corrected chi connectivity index (χ3v) is 5.52. The molecule has 152 valence electrons. The van der Waals surface area contributed by atoms with E-state index in [0.29, 0.717) is 30.2 Å². The number of piperidine rings is 1. The number of likely N-dealkylation sites (tertiary alicyclic amines) is 1. The number of Topliss-reactive ketones (excluding diaryl/α,β-unsaturated/α-hetero) is 1. The Balaban J connectivity index is 1.97. The summed E-state index contributed by atoms with van der Waals surface area (Å²) in [7, 11) is 3.09. The van der Waals surface area contributed by atoms with Crippen molar-refractivity contribution >= 4 is 11.7 Å². The number of ether oxygens (including phenoxy) is 2. The van der Waals surface area contributed by atoms with Gasteiger partial charge in [0, 0.05) is 18.7 Å². The van der Waals surface area contributed by atoms with Crippen LogP contribution in [0.25, 0.3) is 0 Å². The van der Waals surface area contributed by atoms with Gasteiger partial charge in [0.05, 0.1) is 25.8 Å². The van der Waals surface area contributed by atoms with Gasteiger partial charge in [-0.15, -0.1) is 0 Å². The van der Waals surface area contributed by atoms with Gasteiger partial charge in [-0.05, 0) is 51.1 Å². The molecule has 2 aliphatic heterocycles. The van der Waals surface area contributed by atoms with E-state index in [4.69, 9.17) is 9.47 Å². The zero-order valence-corrected chi connectivity index (χ0v) is 16.7. The molecule has 2 aliphatic rings. The lowest BCUT2D eigenvalue weighted by Gasteiger charge is -2.32. The van der Waals surface area contributed by atoms with Crippen LogP contribution in [0.5, 0.6) is 11.5 Å². The van der Waals surface area contributed by atoms with E-state index in [1.165, 1.54) is 20.5 Å². The van der Waals surface area contributed by atoms with Crippen molar-refractivity contribution in [1.82, 2.24) is 9.80 Å². The first-order valence-corrected chi connectivity index (χ1v) is 9.67. The van der Waals surface area contributed by atoms with Crippen molar-refractivity contribution in [3.05, 3.63) is 35.1 Å². The number of rotatable bonds is 7. The fourth-order valence-electron chi connectivity index (χ4n) is 4.05. The van der Waals surface area contributed by atoms with Crippen molar-refractivity contribution in [3.8, 4) is 11.5 Å². The second kappa shape index (κ2) is 8.65. The first-order valence-electron chi connectivity index (χ1n) is 9.67. The average Bonchev–Trinajstić information content (AvgIpc) is 2.97. The normalized spacial score (nSPS) is 20.6. The minimum atomic E-state index is -0.695. The van der Waals surface area contributed by atoms with Gasteiger partial charge in [-0.3, -0.25) is 9.59 Å². The molecule has 1 aromatic rings. The number of carbonyl (C=O) groups excluding carboxylic acids is 2. The molecule has 1 saturated heterocycles. The van der Waals surface area contributed by atoms with Crippen molar-refractivity contribution in [3.63, 3.8) is 0 Å². The van der Waals surface area contributed by atoms with Crippen molar-refractivity contribution in [2.45, 2.75) is 32.2 Å². The van der Waals surface area contributed by atoms with Crippen LogP contribution in [0.1, 0.15) is 37.8 Å². The Morgan fingerprint density at radius 3 is 2.46 bits per heavy atom. The fraction of sp³-hybridized carbons (Fsp3) is 0.524. The Labute approximate surface area is 165 Å². The lowest BCUT2D eigenvalue weighted by atomic mass is 9.95. The van der Waals surface area contributed by atoms with Crippen LogP contribution in [0.3, 0.4) is 0 Å². The number of aliphatic hydroxyl groups excluding tert-OH is 1. The molecule has 1 fully saturated rings. The molecular weight excluding hydrogens is 360 g/mol. The van der Waals surface area contributed by atoms with E-state index in [0.717, 1.165) is 25.9 Å². The van der Waals surface area contributed by atoms with Crippen LogP contribution >= 0.6 is 0 Å². The highest BCUT2D eigenvalue weighted by molar-refractivity contribution is 6.08. The maximum Gasteiger partial charge on any atom is 0.290 e. The predicted molar refractivity (Wildman–Crippen MR) is 105 cm³/mol. The fourth-order valence-corrected chi connectivity index (χ4v) is 4.05. The Hall–Kier alpha value is -2.54. The van der Waals surface area contributed by atoms with Crippen LogP contribution in [0.2, 0.25) is 0 Å². The van der Waals surface area contributed by atoms with E-state index in [1.54, 1.807) is 30.2 Å². The monoisotopic (exact) mass is 388 g/mol. The molecule has 0 bridgehead atoms. The van der Waals surface area contributed by atoms with Gasteiger partial charge < -0.3 is 24.4 Å². The van der Waals surface area contributed by atoms with Gasteiger partial charge in [-0.25, -0.2) is 0 Å². The molecule has 0 aliphatic carbocycles. The summed E-state index contributed by atoms with van der Waals surface area (Å²) in [6.45, 7) is 4.51. The molecule has 0 spiro atoms. The molecule has 28 heavy (non-hydrogen) atoms. The second-order valence-corrected chi connectivity index (χ2v) is 7.23. The number of nitrogens with zero attached hydrogens (tertiary/aromatic N) is 2. The lowest BCUT2D eigenvalue weighted by molar-refractivity contribution is -0.129. The van der Waals surface area contributed by atoms with E-state index in [9.17, 15) is 14.7 Å². The Bertz CT molecular complexity index is 783. The summed E-state index contributed by atoms with van der Waals surface area (Å²) in [4.78, 5) is 29.0. The first-order chi connectivity index (χ1) is 13.5. The number of ketones is 1. The summed E-state index contributed by atoms with van der Waals surface area (Å²) in [6, 6.07) is 4.56. The molecule has 1 unspecified atom stereocenters. The zero-order chi connectivity index (χ0) is 20.3. The highest BCUT2D eigenvalue weighted by atomic mass is 16.5. The Kier molecular flexibility index (Phi) is 6.24. The van der Waals surface area contributed by atoms with E-state index < -0.39 is 17.7 Å². The third kappa shape index (κ3) is 3.85. The molecular formula is C21H28N2O5. The van der Waals surface area contributed by atoms with Crippen molar-refractivity contribution in [2.24, 2.45) is 0 Å². The molecule has 0 saturated carbocycles. The van der Waals surface area contributed by atoms with Gasteiger partial charge >= 0.3 is 0 Å². The summed E-state index contributed by atoms with van der Waals surface area (Å²) in [5.41, 5.74) is 0.735. The number of benzene rings is 1. The molecule has 1 N–H and O–H groups in total. The van der Waals surface area contributed by atoms with Crippen LogP contribution in [-0.2, 0) is 9.59 Å².